The molecule has 9 nitrogen and oxygen atoms in total. The quantitative estimate of drug-likeness (QED) is 0.690. The number of hydrogen-bond donors (Lipinski definition) is 2. The van der Waals surface area contributed by atoms with Crippen molar-refractivity contribution in [1.82, 2.24) is 9.55 Å². The summed E-state index contributed by atoms with van der Waals surface area (Å²) in [7, 11) is -3.70. The first-order valence-corrected chi connectivity index (χ1v) is 11.8. The van der Waals surface area contributed by atoms with Gasteiger partial charge in [0.1, 0.15) is 6.10 Å². The van der Waals surface area contributed by atoms with Gasteiger partial charge in [0.25, 0.3) is 11.4 Å². The number of thioether (sulfide) groups is 1. The van der Waals surface area contributed by atoms with Gasteiger partial charge in [-0.3, -0.25) is 14.3 Å². The molecule has 1 spiro atoms. The highest BCUT2D eigenvalue weighted by molar-refractivity contribution is 8.02. The van der Waals surface area contributed by atoms with Gasteiger partial charge in [0.15, 0.2) is 18.9 Å². The van der Waals surface area contributed by atoms with Crippen molar-refractivity contribution in [1.29, 1.82) is 0 Å². The second-order valence-corrected chi connectivity index (χ2v) is 10.6. The van der Waals surface area contributed by atoms with Crippen molar-refractivity contribution < 1.29 is 27.6 Å². The minimum atomic E-state index is -3.70. The standard InChI is InChI=1S/C16H20FN2O7PS/c17-16-9-23-27(22,25-10-3-1-2-4-10)26-12(16)15(6-8-28-15)13(24-16)19-7-5-11(20)18-14(19)21/h5,7,10,12-13,22H,1-4,6,8-9H2/p+1/t12-,13+,15?,16+,27?/m0/s1. The molecule has 4 fully saturated rings. The van der Waals surface area contributed by atoms with E-state index in [9.17, 15) is 14.5 Å². The molecule has 0 aromatic carbocycles. The number of alkyl halides is 1. The summed E-state index contributed by atoms with van der Waals surface area (Å²) >= 11 is 1.41. The van der Waals surface area contributed by atoms with Gasteiger partial charge in [-0.1, -0.05) is 12.8 Å². The van der Waals surface area contributed by atoms with Gasteiger partial charge in [-0.25, -0.2) is 9.18 Å². The largest absolute Gasteiger partial charge is 0.573 e. The maximum Gasteiger partial charge on any atom is 0.573 e. The third-order valence-electron chi connectivity index (χ3n) is 5.78. The molecule has 12 heteroatoms. The number of nitrogens with one attached hydrogen (secondary N) is 1. The fraction of sp³-hybridized carbons (Fsp3) is 0.750. The first-order chi connectivity index (χ1) is 13.3. The molecule has 5 rings (SSSR count). The van der Waals surface area contributed by atoms with Crippen LogP contribution in [0, 0.1) is 0 Å². The molecule has 1 saturated carbocycles. The van der Waals surface area contributed by atoms with Crippen molar-refractivity contribution in [3.63, 3.8) is 0 Å². The maximum atomic E-state index is 15.7. The molecule has 1 aliphatic carbocycles. The number of aromatic amines is 1. The lowest BCUT2D eigenvalue weighted by molar-refractivity contribution is -0.225. The molecule has 5 atom stereocenters. The molecule has 0 bridgehead atoms. The Balaban J connectivity index is 1.47. The van der Waals surface area contributed by atoms with Crippen LogP contribution in [-0.2, 0) is 18.3 Å². The van der Waals surface area contributed by atoms with E-state index in [1.54, 1.807) is 0 Å². The molecule has 4 aliphatic rings. The minimum absolute atomic E-state index is 0.171. The lowest BCUT2D eigenvalue weighted by Gasteiger charge is -2.45. The molecule has 1 aromatic rings. The number of aromatic nitrogens is 2. The third kappa shape index (κ3) is 2.91. The molecule has 2 N–H and O–H groups in total. The van der Waals surface area contributed by atoms with Crippen molar-refractivity contribution in [2.45, 2.75) is 61.1 Å². The van der Waals surface area contributed by atoms with E-state index in [1.807, 2.05) is 0 Å². The van der Waals surface area contributed by atoms with Crippen molar-refractivity contribution in [2.75, 3.05) is 12.4 Å². The fourth-order valence-corrected chi connectivity index (χ4v) is 7.47. The third-order valence-corrected chi connectivity index (χ3v) is 8.84. The topological polar surface area (TPSA) is 112 Å². The first-order valence-electron chi connectivity index (χ1n) is 9.29. The van der Waals surface area contributed by atoms with Gasteiger partial charge in [0.05, 0.1) is 4.75 Å². The molecular weight excluding hydrogens is 414 g/mol. The van der Waals surface area contributed by atoms with Crippen LogP contribution in [0.3, 0.4) is 0 Å². The SMILES string of the molecule is O=c1ccn([C@@H]2O[C@]3(F)CO[P+](O)(OC4CCCC4)O[C@H]3C23CCS3)c(=O)[nH]1. The van der Waals surface area contributed by atoms with Crippen LogP contribution in [0.1, 0.15) is 38.3 Å². The molecule has 0 radical (unpaired) electrons. The van der Waals surface area contributed by atoms with E-state index in [-0.39, 0.29) is 6.10 Å². The predicted molar refractivity (Wildman–Crippen MR) is 98.4 cm³/mol. The Bertz CT molecular complexity index is 888. The number of H-pyrrole nitrogens is 1. The molecule has 154 valence electrons. The Hall–Kier alpha value is -0.810. The number of ether oxygens (including phenoxy) is 1. The van der Waals surface area contributed by atoms with Gasteiger partial charge < -0.3 is 4.74 Å². The van der Waals surface area contributed by atoms with Crippen LogP contribution in [0.5, 0.6) is 0 Å². The Kier molecular flexibility index (Phi) is 4.52. The highest BCUT2D eigenvalue weighted by Crippen LogP contribution is 2.72. The highest BCUT2D eigenvalue weighted by Gasteiger charge is 2.77. The van der Waals surface area contributed by atoms with Crippen LogP contribution in [0.2, 0.25) is 0 Å². The Morgan fingerprint density at radius 3 is 2.79 bits per heavy atom. The molecule has 28 heavy (non-hydrogen) atoms. The summed E-state index contributed by atoms with van der Waals surface area (Å²) < 4.78 is 38.3. The summed E-state index contributed by atoms with van der Waals surface area (Å²) in [6.07, 6.45) is 3.07. The predicted octanol–water partition coefficient (Wildman–Crippen LogP) is 1.65. The van der Waals surface area contributed by atoms with Crippen LogP contribution in [0.15, 0.2) is 21.9 Å². The monoisotopic (exact) mass is 435 g/mol. The maximum absolute atomic E-state index is 15.7. The number of rotatable bonds is 3. The smallest absolute Gasteiger partial charge is 0.316 e. The average molecular weight is 435 g/mol. The summed E-state index contributed by atoms with van der Waals surface area (Å²) in [5.74, 6) is -1.60. The van der Waals surface area contributed by atoms with Crippen LogP contribution in [0.25, 0.3) is 0 Å². The van der Waals surface area contributed by atoms with Gasteiger partial charge in [-0.05, 0) is 25.0 Å². The van der Waals surface area contributed by atoms with Crippen molar-refractivity contribution >= 4 is 19.9 Å². The molecule has 4 heterocycles. The molecule has 3 saturated heterocycles. The van der Waals surface area contributed by atoms with E-state index in [1.165, 1.54) is 24.0 Å². The number of nitrogens with zero attached hydrogens (tertiary/aromatic N) is 1. The van der Waals surface area contributed by atoms with Crippen LogP contribution in [-0.4, -0.2) is 49.6 Å². The van der Waals surface area contributed by atoms with Gasteiger partial charge in [-0.15, -0.1) is 25.3 Å². The van der Waals surface area contributed by atoms with E-state index < -0.39 is 49.0 Å². The zero-order chi connectivity index (χ0) is 19.6. The molecular formula is C16H21FN2O7PS+. The second-order valence-electron chi connectivity index (χ2n) is 7.57. The summed E-state index contributed by atoms with van der Waals surface area (Å²) in [5, 5.41) is 0. The zero-order valence-corrected chi connectivity index (χ0v) is 16.6. The van der Waals surface area contributed by atoms with E-state index >= 15 is 4.39 Å². The minimum Gasteiger partial charge on any atom is -0.316 e. The second kappa shape index (κ2) is 6.60. The molecule has 2 unspecified atom stereocenters. The summed E-state index contributed by atoms with van der Waals surface area (Å²) in [4.78, 5) is 36.6. The molecule has 3 aliphatic heterocycles. The summed E-state index contributed by atoms with van der Waals surface area (Å²) in [6, 6.07) is 1.18. The number of fused-ring (bicyclic) bond motifs is 2. The van der Waals surface area contributed by atoms with Gasteiger partial charge in [0, 0.05) is 12.3 Å². The Morgan fingerprint density at radius 2 is 2.14 bits per heavy atom. The van der Waals surface area contributed by atoms with Crippen LogP contribution < -0.4 is 11.2 Å². The lowest BCUT2D eigenvalue weighted by Crippen LogP contribution is -2.57. The highest BCUT2D eigenvalue weighted by atomic mass is 32.2. The molecule has 1 aromatic heterocycles. The first kappa shape index (κ1) is 19.2. The Morgan fingerprint density at radius 1 is 1.39 bits per heavy atom. The fourth-order valence-electron chi connectivity index (χ4n) is 4.33. The average Bonchev–Trinajstić information content (AvgIpc) is 3.18. The summed E-state index contributed by atoms with van der Waals surface area (Å²) in [5.41, 5.74) is -1.24. The Labute approximate surface area is 164 Å². The lowest BCUT2D eigenvalue weighted by atomic mass is 9.93. The van der Waals surface area contributed by atoms with Crippen molar-refractivity contribution in [2.24, 2.45) is 0 Å². The van der Waals surface area contributed by atoms with Gasteiger partial charge in [0.2, 0.25) is 0 Å². The van der Waals surface area contributed by atoms with E-state index in [0.29, 0.717) is 6.42 Å². The van der Waals surface area contributed by atoms with Gasteiger partial charge in [-0.2, -0.15) is 4.89 Å². The van der Waals surface area contributed by atoms with Crippen molar-refractivity contribution in [3.8, 4) is 0 Å². The zero-order valence-electron chi connectivity index (χ0n) is 14.9. The van der Waals surface area contributed by atoms with E-state index in [2.05, 4.69) is 4.98 Å². The van der Waals surface area contributed by atoms with E-state index in [0.717, 1.165) is 36.0 Å². The summed E-state index contributed by atoms with van der Waals surface area (Å²) in [6.45, 7) is -0.550. The number of hydrogen-bond acceptors (Lipinski definition) is 8. The van der Waals surface area contributed by atoms with Crippen LogP contribution >= 0.6 is 19.9 Å². The van der Waals surface area contributed by atoms with E-state index in [4.69, 9.17) is 18.3 Å². The normalized spacial score (nSPS) is 43.2. The van der Waals surface area contributed by atoms with Crippen LogP contribution in [0.4, 0.5) is 4.39 Å². The molecule has 0 amide bonds. The number of halogens is 1. The van der Waals surface area contributed by atoms with Gasteiger partial charge >= 0.3 is 13.9 Å². The van der Waals surface area contributed by atoms with Crippen molar-refractivity contribution in [3.05, 3.63) is 33.1 Å².